The van der Waals surface area contributed by atoms with Crippen molar-refractivity contribution < 1.29 is 4.79 Å². The Balaban J connectivity index is 1.42. The Morgan fingerprint density at radius 1 is 1.00 bits per heavy atom. The van der Waals surface area contributed by atoms with Crippen LogP contribution in [0.3, 0.4) is 0 Å². The molecule has 4 rings (SSSR count). The van der Waals surface area contributed by atoms with E-state index in [4.69, 9.17) is 29.0 Å². The smallest absolute Gasteiger partial charge is 0.234 e. The van der Waals surface area contributed by atoms with E-state index in [1.54, 1.807) is 18.2 Å². The second-order valence-electron chi connectivity index (χ2n) is 6.96. The molecule has 0 saturated heterocycles. The van der Waals surface area contributed by atoms with Crippen molar-refractivity contribution in [1.29, 1.82) is 0 Å². The average molecular weight is 484 g/mol. The van der Waals surface area contributed by atoms with Gasteiger partial charge in [0.05, 0.1) is 10.8 Å². The fourth-order valence-electron chi connectivity index (χ4n) is 3.16. The molecule has 0 aliphatic rings. The lowest BCUT2D eigenvalue weighted by molar-refractivity contribution is -0.113. The van der Waals surface area contributed by atoms with Crippen molar-refractivity contribution in [2.24, 2.45) is 0 Å². The third-order valence-electron chi connectivity index (χ3n) is 4.70. The molecule has 6 nitrogen and oxygen atoms in total. The van der Waals surface area contributed by atoms with Gasteiger partial charge in [-0.25, -0.2) is 4.68 Å². The molecule has 1 aromatic heterocycles. The Labute approximate surface area is 199 Å². The van der Waals surface area contributed by atoms with Crippen molar-refractivity contribution in [3.63, 3.8) is 0 Å². The number of benzene rings is 3. The lowest BCUT2D eigenvalue weighted by Gasteiger charge is -2.11. The van der Waals surface area contributed by atoms with Crippen LogP contribution in [0, 0.1) is 0 Å². The third kappa shape index (κ3) is 5.24. The van der Waals surface area contributed by atoms with Crippen molar-refractivity contribution in [2.75, 3.05) is 16.9 Å². The number of halogens is 2. The van der Waals surface area contributed by atoms with Gasteiger partial charge in [0.2, 0.25) is 11.1 Å². The monoisotopic (exact) mass is 483 g/mol. The summed E-state index contributed by atoms with van der Waals surface area (Å²) in [5, 5.41) is 12.5. The predicted octanol–water partition coefficient (Wildman–Crippen LogP) is 5.29. The zero-order valence-electron chi connectivity index (χ0n) is 16.8. The van der Waals surface area contributed by atoms with Crippen molar-refractivity contribution >= 4 is 46.6 Å². The van der Waals surface area contributed by atoms with Gasteiger partial charge in [-0.15, -0.1) is 10.2 Å². The molecule has 0 spiro atoms. The van der Waals surface area contributed by atoms with Gasteiger partial charge in [0, 0.05) is 16.3 Å². The molecule has 0 bridgehead atoms. The first-order valence-electron chi connectivity index (χ1n) is 9.71. The highest BCUT2D eigenvalue weighted by molar-refractivity contribution is 7.99. The topological polar surface area (TPSA) is 85.8 Å². The molecule has 0 atom stereocenters. The minimum absolute atomic E-state index is 0.128. The summed E-state index contributed by atoms with van der Waals surface area (Å²) < 4.78 is 1.32. The Bertz CT molecular complexity index is 1250. The number of nitrogens with zero attached hydrogens (tertiary/aromatic N) is 3. The van der Waals surface area contributed by atoms with Crippen LogP contribution in [-0.4, -0.2) is 26.5 Å². The van der Waals surface area contributed by atoms with Gasteiger partial charge < -0.3 is 11.2 Å². The van der Waals surface area contributed by atoms with E-state index in [9.17, 15) is 4.79 Å². The lowest BCUT2D eigenvalue weighted by atomic mass is 10.0. The standard InChI is InChI=1S/C23H19Cl2N5OS/c24-17-10-11-18(19(25)13-17)22-28-29-23(30(22)26)32-14-21(31)27-20-9-5-4-8-16(20)12-15-6-2-1-3-7-15/h1-11,13H,12,14,26H2,(H,27,31). The van der Waals surface area contributed by atoms with Crippen LogP contribution in [-0.2, 0) is 11.2 Å². The van der Waals surface area contributed by atoms with E-state index in [1.807, 2.05) is 42.5 Å². The average Bonchev–Trinajstić information content (AvgIpc) is 3.14. The summed E-state index contributed by atoms with van der Waals surface area (Å²) in [5.41, 5.74) is 3.61. The maximum absolute atomic E-state index is 12.6. The molecule has 32 heavy (non-hydrogen) atoms. The van der Waals surface area contributed by atoms with Gasteiger partial charge in [0.1, 0.15) is 0 Å². The van der Waals surface area contributed by atoms with E-state index >= 15 is 0 Å². The molecule has 0 aliphatic carbocycles. The number of nitrogen functional groups attached to an aromatic ring is 1. The zero-order valence-corrected chi connectivity index (χ0v) is 19.2. The molecular formula is C23H19Cl2N5OS. The summed E-state index contributed by atoms with van der Waals surface area (Å²) in [6.07, 6.45) is 0.729. The van der Waals surface area contributed by atoms with Gasteiger partial charge in [-0.05, 0) is 41.8 Å². The molecule has 162 valence electrons. The van der Waals surface area contributed by atoms with Crippen LogP contribution < -0.4 is 11.2 Å². The summed E-state index contributed by atoms with van der Waals surface area (Å²) in [6.45, 7) is 0. The first-order valence-corrected chi connectivity index (χ1v) is 11.5. The maximum atomic E-state index is 12.6. The minimum Gasteiger partial charge on any atom is -0.335 e. The maximum Gasteiger partial charge on any atom is 0.234 e. The van der Waals surface area contributed by atoms with Crippen LogP contribution >= 0.6 is 35.0 Å². The number of hydrogen-bond donors (Lipinski definition) is 2. The van der Waals surface area contributed by atoms with Crippen LogP contribution in [0.25, 0.3) is 11.4 Å². The highest BCUT2D eigenvalue weighted by atomic mass is 35.5. The lowest BCUT2D eigenvalue weighted by Crippen LogP contribution is -2.17. The second kappa shape index (κ2) is 10.1. The summed E-state index contributed by atoms with van der Waals surface area (Å²) in [4.78, 5) is 12.6. The number of aromatic nitrogens is 3. The van der Waals surface area contributed by atoms with Gasteiger partial charge in [-0.1, -0.05) is 83.5 Å². The molecule has 1 heterocycles. The number of nitrogens with one attached hydrogen (secondary N) is 1. The number of carbonyl (C=O) groups excluding carboxylic acids is 1. The van der Waals surface area contributed by atoms with Crippen LogP contribution in [0.15, 0.2) is 78.0 Å². The Kier molecular flexibility index (Phi) is 6.99. The molecule has 0 fully saturated rings. The number of amides is 1. The molecule has 3 aromatic carbocycles. The second-order valence-corrected chi connectivity index (χ2v) is 8.74. The van der Waals surface area contributed by atoms with Gasteiger partial charge in [-0.3, -0.25) is 4.79 Å². The Hall–Kier alpha value is -3.00. The van der Waals surface area contributed by atoms with E-state index < -0.39 is 0 Å². The number of para-hydroxylation sites is 1. The molecule has 0 saturated carbocycles. The summed E-state index contributed by atoms with van der Waals surface area (Å²) in [7, 11) is 0. The Morgan fingerprint density at radius 2 is 1.75 bits per heavy atom. The van der Waals surface area contributed by atoms with Crippen molar-refractivity contribution in [2.45, 2.75) is 11.6 Å². The summed E-state index contributed by atoms with van der Waals surface area (Å²) in [5.74, 6) is 6.50. The third-order valence-corrected chi connectivity index (χ3v) is 6.19. The number of anilines is 1. The zero-order chi connectivity index (χ0) is 22.5. The molecular weight excluding hydrogens is 465 g/mol. The summed E-state index contributed by atoms with van der Waals surface area (Å²) >= 11 is 13.4. The van der Waals surface area contributed by atoms with Gasteiger partial charge in [0.15, 0.2) is 5.82 Å². The van der Waals surface area contributed by atoms with E-state index in [-0.39, 0.29) is 11.7 Å². The van der Waals surface area contributed by atoms with Gasteiger partial charge >= 0.3 is 0 Å². The number of nitrogens with two attached hydrogens (primary N) is 1. The van der Waals surface area contributed by atoms with E-state index in [0.29, 0.717) is 26.6 Å². The van der Waals surface area contributed by atoms with Crippen molar-refractivity contribution in [3.8, 4) is 11.4 Å². The molecule has 3 N–H and O–H groups in total. The first-order chi connectivity index (χ1) is 15.5. The normalized spacial score (nSPS) is 10.8. The number of thioether (sulfide) groups is 1. The highest BCUT2D eigenvalue weighted by Crippen LogP contribution is 2.30. The van der Waals surface area contributed by atoms with Crippen LogP contribution in [0.4, 0.5) is 5.69 Å². The molecule has 1 amide bonds. The minimum atomic E-state index is -0.162. The molecule has 0 unspecified atom stereocenters. The van der Waals surface area contributed by atoms with Gasteiger partial charge in [-0.2, -0.15) is 0 Å². The largest absolute Gasteiger partial charge is 0.335 e. The van der Waals surface area contributed by atoms with Crippen LogP contribution in [0.5, 0.6) is 0 Å². The molecule has 0 aliphatic heterocycles. The van der Waals surface area contributed by atoms with Crippen LogP contribution in [0.1, 0.15) is 11.1 Å². The fraction of sp³-hybridized carbons (Fsp3) is 0.0870. The van der Waals surface area contributed by atoms with Crippen molar-refractivity contribution in [1.82, 2.24) is 14.9 Å². The van der Waals surface area contributed by atoms with Crippen LogP contribution in [0.2, 0.25) is 10.0 Å². The molecule has 9 heteroatoms. The molecule has 4 aromatic rings. The number of hydrogen-bond acceptors (Lipinski definition) is 5. The SMILES string of the molecule is Nn1c(SCC(=O)Nc2ccccc2Cc2ccccc2)nnc1-c1ccc(Cl)cc1Cl. The fourth-order valence-corrected chi connectivity index (χ4v) is 4.31. The highest BCUT2D eigenvalue weighted by Gasteiger charge is 2.16. The molecule has 0 radical (unpaired) electrons. The quantitative estimate of drug-likeness (QED) is 0.275. The van der Waals surface area contributed by atoms with E-state index in [1.165, 1.54) is 22.0 Å². The van der Waals surface area contributed by atoms with Crippen molar-refractivity contribution in [3.05, 3.63) is 94.0 Å². The predicted molar refractivity (Wildman–Crippen MR) is 131 cm³/mol. The number of carbonyl (C=O) groups is 1. The van der Waals surface area contributed by atoms with E-state index in [0.717, 1.165) is 17.7 Å². The summed E-state index contributed by atoms with van der Waals surface area (Å²) in [6, 6.07) is 22.9. The van der Waals surface area contributed by atoms with E-state index in [2.05, 4.69) is 27.6 Å². The first kappa shape index (κ1) is 22.2. The van der Waals surface area contributed by atoms with Gasteiger partial charge in [0.25, 0.3) is 0 Å². The number of rotatable bonds is 7. The Morgan fingerprint density at radius 3 is 2.53 bits per heavy atom.